The van der Waals surface area contributed by atoms with Gasteiger partial charge in [0.05, 0.1) is 5.69 Å². The highest BCUT2D eigenvalue weighted by Gasteiger charge is 2.17. The van der Waals surface area contributed by atoms with Gasteiger partial charge in [0.25, 0.3) is 0 Å². The first kappa shape index (κ1) is 13.8. The molecule has 1 aliphatic heterocycles. The third-order valence-corrected chi connectivity index (χ3v) is 5.18. The molecule has 0 radical (unpaired) electrons. The number of nitrogens with zero attached hydrogens (tertiary/aromatic N) is 2. The van der Waals surface area contributed by atoms with Gasteiger partial charge in [0.1, 0.15) is 0 Å². The molecule has 18 heavy (non-hydrogen) atoms. The number of rotatable bonds is 3. The molecular formula is C14H25N3S. The van der Waals surface area contributed by atoms with Crippen molar-refractivity contribution in [3.05, 3.63) is 10.6 Å². The fraction of sp³-hybridized carbons (Fsp3) is 0.786. The lowest BCUT2D eigenvalue weighted by Gasteiger charge is -2.23. The molecule has 2 rings (SSSR count). The molecular weight excluding hydrogens is 242 g/mol. The number of hydrogen-bond acceptors (Lipinski definition) is 4. The largest absolute Gasteiger partial charge is 0.348 e. The Bertz CT molecular complexity index is 367. The van der Waals surface area contributed by atoms with E-state index in [0.29, 0.717) is 6.04 Å². The molecule has 1 fully saturated rings. The summed E-state index contributed by atoms with van der Waals surface area (Å²) < 4.78 is 0. The number of aryl methyl sites for hydroxylation is 1. The number of anilines is 1. The maximum Gasteiger partial charge on any atom is 0.185 e. The Hall–Kier alpha value is -0.610. The van der Waals surface area contributed by atoms with Crippen molar-refractivity contribution in [2.45, 2.75) is 52.0 Å². The number of thiazole rings is 1. The van der Waals surface area contributed by atoms with Crippen molar-refractivity contribution in [3.63, 3.8) is 0 Å². The molecule has 0 spiro atoms. The summed E-state index contributed by atoms with van der Waals surface area (Å²) in [5.41, 5.74) is 1.19. The molecule has 1 saturated heterocycles. The van der Waals surface area contributed by atoms with Crippen LogP contribution in [0.15, 0.2) is 0 Å². The van der Waals surface area contributed by atoms with E-state index in [-0.39, 0.29) is 0 Å². The minimum Gasteiger partial charge on any atom is -0.348 e. The minimum absolute atomic E-state index is 0.408. The SMILES string of the molecule is CNC(C)c1sc(N2CCCCCCC2)nc1C. The number of hydrogen-bond donors (Lipinski definition) is 1. The molecule has 1 aliphatic rings. The van der Waals surface area contributed by atoms with Crippen LogP contribution in [0.5, 0.6) is 0 Å². The Labute approximate surface area is 115 Å². The van der Waals surface area contributed by atoms with Crippen LogP contribution in [0.2, 0.25) is 0 Å². The molecule has 1 aromatic heterocycles. The second kappa shape index (κ2) is 6.53. The second-order valence-corrected chi connectivity index (χ2v) is 6.22. The monoisotopic (exact) mass is 267 g/mol. The van der Waals surface area contributed by atoms with Crippen LogP contribution in [0, 0.1) is 6.92 Å². The van der Waals surface area contributed by atoms with E-state index in [1.807, 2.05) is 18.4 Å². The first-order valence-corrected chi connectivity index (χ1v) is 7.93. The highest BCUT2D eigenvalue weighted by Crippen LogP contribution is 2.31. The molecule has 2 heterocycles. The Morgan fingerprint density at radius 3 is 2.39 bits per heavy atom. The topological polar surface area (TPSA) is 28.2 Å². The Morgan fingerprint density at radius 2 is 1.78 bits per heavy atom. The average molecular weight is 267 g/mol. The molecule has 1 N–H and O–H groups in total. The predicted octanol–water partition coefficient (Wildman–Crippen LogP) is 3.50. The molecule has 0 amide bonds. The van der Waals surface area contributed by atoms with E-state index in [1.54, 1.807) is 0 Å². The molecule has 0 saturated carbocycles. The van der Waals surface area contributed by atoms with E-state index in [1.165, 1.54) is 60.9 Å². The van der Waals surface area contributed by atoms with E-state index < -0.39 is 0 Å². The maximum absolute atomic E-state index is 4.78. The van der Waals surface area contributed by atoms with Gasteiger partial charge < -0.3 is 10.2 Å². The van der Waals surface area contributed by atoms with Gasteiger partial charge >= 0.3 is 0 Å². The van der Waals surface area contributed by atoms with E-state index in [2.05, 4.69) is 24.1 Å². The Kier molecular flexibility index (Phi) is 5.01. The van der Waals surface area contributed by atoms with Crippen molar-refractivity contribution in [1.29, 1.82) is 0 Å². The van der Waals surface area contributed by atoms with Gasteiger partial charge in [-0.25, -0.2) is 4.98 Å². The van der Waals surface area contributed by atoms with Crippen molar-refractivity contribution >= 4 is 16.5 Å². The van der Waals surface area contributed by atoms with Gasteiger partial charge in [-0.1, -0.05) is 19.3 Å². The standard InChI is InChI=1S/C14H25N3S/c1-11(15-3)13-12(2)16-14(18-13)17-9-7-5-4-6-8-10-17/h11,15H,4-10H2,1-3H3. The summed E-state index contributed by atoms with van der Waals surface area (Å²) in [6, 6.07) is 0.408. The van der Waals surface area contributed by atoms with Crippen LogP contribution in [-0.4, -0.2) is 25.1 Å². The van der Waals surface area contributed by atoms with Gasteiger partial charge in [0.15, 0.2) is 5.13 Å². The Balaban J connectivity index is 2.11. The summed E-state index contributed by atoms with van der Waals surface area (Å²) in [7, 11) is 2.01. The van der Waals surface area contributed by atoms with Crippen molar-refractivity contribution < 1.29 is 0 Å². The number of nitrogens with one attached hydrogen (secondary N) is 1. The van der Waals surface area contributed by atoms with E-state index in [0.717, 1.165) is 0 Å². The minimum atomic E-state index is 0.408. The van der Waals surface area contributed by atoms with Crippen LogP contribution < -0.4 is 10.2 Å². The van der Waals surface area contributed by atoms with E-state index >= 15 is 0 Å². The molecule has 1 unspecified atom stereocenters. The molecule has 0 bridgehead atoms. The average Bonchev–Trinajstić information content (AvgIpc) is 2.70. The number of aromatic nitrogens is 1. The fourth-order valence-corrected chi connectivity index (χ4v) is 3.68. The molecule has 0 aliphatic carbocycles. The maximum atomic E-state index is 4.78. The lowest BCUT2D eigenvalue weighted by Crippen LogP contribution is -2.26. The summed E-state index contributed by atoms with van der Waals surface area (Å²) in [5.74, 6) is 0. The van der Waals surface area contributed by atoms with Crippen molar-refractivity contribution in [1.82, 2.24) is 10.3 Å². The molecule has 102 valence electrons. The quantitative estimate of drug-likeness (QED) is 0.908. The second-order valence-electron chi connectivity index (χ2n) is 5.21. The van der Waals surface area contributed by atoms with Gasteiger partial charge in [-0.2, -0.15) is 0 Å². The van der Waals surface area contributed by atoms with Crippen LogP contribution in [0.4, 0.5) is 5.13 Å². The summed E-state index contributed by atoms with van der Waals surface area (Å²) >= 11 is 1.87. The first-order valence-electron chi connectivity index (χ1n) is 7.12. The van der Waals surface area contributed by atoms with E-state index in [9.17, 15) is 0 Å². The van der Waals surface area contributed by atoms with E-state index in [4.69, 9.17) is 4.98 Å². The highest BCUT2D eigenvalue weighted by atomic mass is 32.1. The Morgan fingerprint density at radius 1 is 1.17 bits per heavy atom. The van der Waals surface area contributed by atoms with Gasteiger partial charge in [-0.05, 0) is 33.7 Å². The smallest absolute Gasteiger partial charge is 0.185 e. The zero-order valence-electron chi connectivity index (χ0n) is 11.8. The van der Waals surface area contributed by atoms with Gasteiger partial charge in [-0.15, -0.1) is 11.3 Å². The van der Waals surface area contributed by atoms with Crippen LogP contribution in [0.1, 0.15) is 55.6 Å². The van der Waals surface area contributed by atoms with Crippen LogP contribution in [0.3, 0.4) is 0 Å². The van der Waals surface area contributed by atoms with Gasteiger partial charge in [-0.3, -0.25) is 0 Å². The predicted molar refractivity (Wildman–Crippen MR) is 79.6 cm³/mol. The van der Waals surface area contributed by atoms with Crippen LogP contribution in [0.25, 0.3) is 0 Å². The molecule has 0 aromatic carbocycles. The van der Waals surface area contributed by atoms with Crippen molar-refractivity contribution in [2.24, 2.45) is 0 Å². The van der Waals surface area contributed by atoms with Crippen LogP contribution >= 0.6 is 11.3 Å². The summed E-state index contributed by atoms with van der Waals surface area (Å²) in [6.07, 6.45) is 6.79. The summed E-state index contributed by atoms with van der Waals surface area (Å²) in [4.78, 5) is 8.65. The zero-order chi connectivity index (χ0) is 13.0. The van der Waals surface area contributed by atoms with Gasteiger partial charge in [0, 0.05) is 24.0 Å². The van der Waals surface area contributed by atoms with Gasteiger partial charge in [0.2, 0.25) is 0 Å². The molecule has 1 atom stereocenters. The lowest BCUT2D eigenvalue weighted by atomic mass is 10.1. The zero-order valence-corrected chi connectivity index (χ0v) is 12.6. The summed E-state index contributed by atoms with van der Waals surface area (Å²) in [6.45, 7) is 6.70. The van der Waals surface area contributed by atoms with Crippen molar-refractivity contribution in [2.75, 3.05) is 25.0 Å². The summed E-state index contributed by atoms with van der Waals surface area (Å²) in [5, 5.41) is 4.54. The molecule has 4 heteroatoms. The third kappa shape index (κ3) is 3.23. The normalized spacial score (nSPS) is 19.4. The lowest BCUT2D eigenvalue weighted by molar-refractivity contribution is 0.556. The fourth-order valence-electron chi connectivity index (χ4n) is 2.50. The van der Waals surface area contributed by atoms with Crippen LogP contribution in [-0.2, 0) is 0 Å². The first-order chi connectivity index (χ1) is 8.72. The molecule has 1 aromatic rings. The van der Waals surface area contributed by atoms with Crippen molar-refractivity contribution in [3.8, 4) is 0 Å². The highest BCUT2D eigenvalue weighted by molar-refractivity contribution is 7.15. The molecule has 3 nitrogen and oxygen atoms in total. The third-order valence-electron chi connectivity index (χ3n) is 3.77.